The van der Waals surface area contributed by atoms with E-state index in [0.29, 0.717) is 26.3 Å². The second kappa shape index (κ2) is 9.32. The second-order valence-corrected chi connectivity index (χ2v) is 5.86. The molecule has 1 saturated heterocycles. The van der Waals surface area contributed by atoms with E-state index in [2.05, 4.69) is 4.74 Å². The predicted molar refractivity (Wildman–Crippen MR) is 74.5 cm³/mol. The highest BCUT2D eigenvalue weighted by atomic mass is 19.4. The van der Waals surface area contributed by atoms with Gasteiger partial charge in [-0.15, -0.1) is 0 Å². The maximum absolute atomic E-state index is 13.4. The Bertz CT molecular complexity index is 486. The summed E-state index contributed by atoms with van der Waals surface area (Å²) in [5.41, 5.74) is 0. The molecule has 1 aliphatic heterocycles. The van der Waals surface area contributed by atoms with E-state index >= 15 is 0 Å². The lowest BCUT2D eigenvalue weighted by atomic mass is 10.1. The van der Waals surface area contributed by atoms with Gasteiger partial charge in [0.15, 0.2) is 0 Å². The zero-order valence-corrected chi connectivity index (χ0v) is 14.2. The van der Waals surface area contributed by atoms with Crippen molar-refractivity contribution in [3.8, 4) is 0 Å². The Morgan fingerprint density at radius 3 is 2.15 bits per heavy atom. The van der Waals surface area contributed by atoms with Crippen molar-refractivity contribution >= 4 is 5.97 Å². The third-order valence-corrected chi connectivity index (χ3v) is 3.64. The number of ether oxygens (including phenoxy) is 3. The van der Waals surface area contributed by atoms with E-state index in [1.165, 1.54) is 0 Å². The molecule has 0 radical (unpaired) electrons. The summed E-state index contributed by atoms with van der Waals surface area (Å²) < 4.78 is 117. The van der Waals surface area contributed by atoms with Crippen molar-refractivity contribution in [3.05, 3.63) is 0 Å². The van der Waals surface area contributed by atoms with Gasteiger partial charge in [-0.05, 0) is 0 Å². The Hall–Kier alpha value is -1.21. The van der Waals surface area contributed by atoms with Gasteiger partial charge in [0, 0.05) is 26.6 Å². The smallest absolute Gasteiger partial charge is 0.380 e. The van der Waals surface area contributed by atoms with E-state index in [1.807, 2.05) is 0 Å². The van der Waals surface area contributed by atoms with E-state index in [9.17, 15) is 39.9 Å². The van der Waals surface area contributed by atoms with Crippen LogP contribution >= 0.6 is 0 Å². The first-order valence-electron chi connectivity index (χ1n) is 7.78. The number of halogens is 8. The van der Waals surface area contributed by atoms with Crippen molar-refractivity contribution in [2.24, 2.45) is 0 Å². The molecule has 5 nitrogen and oxygen atoms in total. The molecule has 0 aromatic heterocycles. The van der Waals surface area contributed by atoms with Crippen LogP contribution in [0.1, 0.15) is 6.92 Å². The number of esters is 1. The summed E-state index contributed by atoms with van der Waals surface area (Å²) in [6.07, 6.45) is -6.14. The third-order valence-electron chi connectivity index (χ3n) is 3.64. The molecule has 27 heavy (non-hydrogen) atoms. The number of carbonyl (C=O) groups is 1. The number of hydrogen-bond donors (Lipinski definition) is 0. The summed E-state index contributed by atoms with van der Waals surface area (Å²) in [5, 5.41) is 0. The SMILES string of the molecule is CC(=O)OC(COCC(F)(F)C(F)(F)C(F)(F)C(F)F)CN1CCOCC1. The van der Waals surface area contributed by atoms with E-state index in [1.54, 1.807) is 4.90 Å². The van der Waals surface area contributed by atoms with Crippen LogP contribution in [0.25, 0.3) is 0 Å². The van der Waals surface area contributed by atoms with Crippen LogP contribution in [0.5, 0.6) is 0 Å². The van der Waals surface area contributed by atoms with E-state index in [0.717, 1.165) is 6.92 Å². The van der Waals surface area contributed by atoms with Gasteiger partial charge >= 0.3 is 30.2 Å². The summed E-state index contributed by atoms with van der Waals surface area (Å²) >= 11 is 0. The van der Waals surface area contributed by atoms with Crippen LogP contribution in [0.2, 0.25) is 0 Å². The van der Waals surface area contributed by atoms with Crippen molar-refractivity contribution in [1.29, 1.82) is 0 Å². The monoisotopic (exact) mass is 417 g/mol. The maximum atomic E-state index is 13.4. The first-order valence-corrected chi connectivity index (χ1v) is 7.78. The van der Waals surface area contributed by atoms with Gasteiger partial charge in [0.1, 0.15) is 12.7 Å². The molecule has 0 spiro atoms. The van der Waals surface area contributed by atoms with Crippen LogP contribution in [0.3, 0.4) is 0 Å². The number of nitrogens with zero attached hydrogens (tertiary/aromatic N) is 1. The molecule has 1 heterocycles. The standard InChI is InChI=1S/C14H19F8NO4/c1-9(24)27-10(6-23-2-4-25-5-3-23)7-26-8-12(17,18)14(21,22)13(19,20)11(15)16/h10-11H,2-8H2,1H3. The fraction of sp³-hybridized carbons (Fsp3) is 0.929. The minimum absolute atomic E-state index is 0.00189. The highest BCUT2D eigenvalue weighted by molar-refractivity contribution is 5.66. The Morgan fingerprint density at radius 1 is 1.11 bits per heavy atom. The van der Waals surface area contributed by atoms with Crippen LogP contribution < -0.4 is 0 Å². The second-order valence-electron chi connectivity index (χ2n) is 5.86. The molecule has 0 bridgehead atoms. The van der Waals surface area contributed by atoms with Crippen LogP contribution in [-0.4, -0.2) is 87.2 Å². The molecule has 160 valence electrons. The predicted octanol–water partition coefficient (Wildman–Crippen LogP) is 2.44. The highest BCUT2D eigenvalue weighted by Gasteiger charge is 2.75. The van der Waals surface area contributed by atoms with Crippen molar-refractivity contribution in [1.82, 2.24) is 4.90 Å². The first kappa shape index (κ1) is 23.8. The molecule has 13 heteroatoms. The average molecular weight is 417 g/mol. The minimum Gasteiger partial charge on any atom is -0.459 e. The van der Waals surface area contributed by atoms with Crippen LogP contribution in [0.15, 0.2) is 0 Å². The summed E-state index contributed by atoms with van der Waals surface area (Å²) in [7, 11) is 0. The van der Waals surface area contributed by atoms with E-state index < -0.39 is 49.5 Å². The lowest BCUT2D eigenvalue weighted by Gasteiger charge is -2.33. The Balaban J connectivity index is 2.67. The fourth-order valence-electron chi connectivity index (χ4n) is 2.22. The minimum atomic E-state index is -6.34. The first-order chi connectivity index (χ1) is 12.3. The van der Waals surface area contributed by atoms with Crippen molar-refractivity contribution in [2.45, 2.75) is 37.2 Å². The lowest BCUT2D eigenvalue weighted by Crippen LogP contribution is -2.59. The van der Waals surface area contributed by atoms with Crippen molar-refractivity contribution < 1.29 is 54.1 Å². The molecular weight excluding hydrogens is 398 g/mol. The molecule has 1 unspecified atom stereocenters. The van der Waals surface area contributed by atoms with Crippen LogP contribution in [-0.2, 0) is 19.0 Å². The van der Waals surface area contributed by atoms with Gasteiger partial charge in [-0.2, -0.15) is 26.3 Å². The van der Waals surface area contributed by atoms with Crippen LogP contribution in [0.4, 0.5) is 35.1 Å². The molecule has 0 saturated carbocycles. The highest BCUT2D eigenvalue weighted by Crippen LogP contribution is 2.48. The average Bonchev–Trinajstić information content (AvgIpc) is 2.54. The number of morpholine rings is 1. The normalized spacial score (nSPS) is 18.6. The molecule has 0 aliphatic carbocycles. The zero-order chi connectivity index (χ0) is 20.9. The molecule has 0 aromatic rings. The number of alkyl halides is 8. The summed E-state index contributed by atoms with van der Waals surface area (Å²) in [4.78, 5) is 12.8. The Morgan fingerprint density at radius 2 is 1.67 bits per heavy atom. The Labute approximate surface area is 149 Å². The van der Waals surface area contributed by atoms with Gasteiger partial charge in [0.25, 0.3) is 0 Å². The topological polar surface area (TPSA) is 48.0 Å². The van der Waals surface area contributed by atoms with E-state index in [-0.39, 0.29) is 6.54 Å². The van der Waals surface area contributed by atoms with Gasteiger partial charge in [0.2, 0.25) is 0 Å². The molecule has 1 rings (SSSR count). The van der Waals surface area contributed by atoms with Crippen molar-refractivity contribution in [2.75, 3.05) is 46.1 Å². The van der Waals surface area contributed by atoms with E-state index in [4.69, 9.17) is 9.47 Å². The molecule has 1 fully saturated rings. The zero-order valence-electron chi connectivity index (χ0n) is 14.2. The molecule has 0 aromatic carbocycles. The van der Waals surface area contributed by atoms with Gasteiger partial charge in [-0.25, -0.2) is 8.78 Å². The molecular formula is C14H19F8NO4. The Kier molecular flexibility index (Phi) is 8.23. The number of hydrogen-bond acceptors (Lipinski definition) is 5. The summed E-state index contributed by atoms with van der Waals surface area (Å²) in [5.74, 6) is -19.0. The summed E-state index contributed by atoms with van der Waals surface area (Å²) in [6, 6.07) is 0. The van der Waals surface area contributed by atoms with Crippen molar-refractivity contribution in [3.63, 3.8) is 0 Å². The van der Waals surface area contributed by atoms with Crippen LogP contribution in [0, 0.1) is 0 Å². The van der Waals surface area contributed by atoms with Gasteiger partial charge in [-0.1, -0.05) is 0 Å². The largest absolute Gasteiger partial charge is 0.459 e. The number of carbonyl (C=O) groups excluding carboxylic acids is 1. The molecule has 0 amide bonds. The molecule has 1 aliphatic rings. The molecule has 0 N–H and O–H groups in total. The lowest BCUT2D eigenvalue weighted by molar-refractivity contribution is -0.346. The van der Waals surface area contributed by atoms with Gasteiger partial charge in [0.05, 0.1) is 19.8 Å². The third kappa shape index (κ3) is 6.14. The summed E-state index contributed by atoms with van der Waals surface area (Å²) in [6.45, 7) is -0.497. The fourth-order valence-corrected chi connectivity index (χ4v) is 2.22. The molecule has 1 atom stereocenters. The maximum Gasteiger partial charge on any atom is 0.380 e. The number of rotatable bonds is 10. The van der Waals surface area contributed by atoms with Gasteiger partial charge in [-0.3, -0.25) is 9.69 Å². The quantitative estimate of drug-likeness (QED) is 0.404. The van der Waals surface area contributed by atoms with Gasteiger partial charge < -0.3 is 14.2 Å².